The summed E-state index contributed by atoms with van der Waals surface area (Å²) in [5, 5.41) is 33.3. The maximum absolute atomic E-state index is 12.5. The number of hydrogen-bond donors (Lipinski definition) is 4. The summed E-state index contributed by atoms with van der Waals surface area (Å²) < 4.78 is 0. The zero-order valence-corrected chi connectivity index (χ0v) is 40.1. The van der Waals surface area contributed by atoms with E-state index in [1.807, 2.05) is 6.08 Å². The fourth-order valence-electron chi connectivity index (χ4n) is 7.98. The number of aliphatic hydroxyl groups excluding tert-OH is 3. The lowest BCUT2D eigenvalue weighted by Gasteiger charge is -2.21. The molecule has 0 aliphatic heterocycles. The Morgan fingerprint density at radius 3 is 1.02 bits per heavy atom. The van der Waals surface area contributed by atoms with Gasteiger partial charge < -0.3 is 20.6 Å². The van der Waals surface area contributed by atoms with E-state index in [2.05, 4.69) is 55.6 Å². The highest BCUT2D eigenvalue weighted by molar-refractivity contribution is 5.80. The zero-order chi connectivity index (χ0) is 43.7. The Labute approximate surface area is 374 Å². The van der Waals surface area contributed by atoms with E-state index in [4.69, 9.17) is 0 Å². The predicted molar refractivity (Wildman–Crippen MR) is 264 cm³/mol. The lowest BCUT2D eigenvalue weighted by molar-refractivity contribution is -0.131. The molecule has 5 nitrogen and oxygen atoms in total. The highest BCUT2D eigenvalue weighted by Gasteiger charge is 2.22. The van der Waals surface area contributed by atoms with Crippen LogP contribution in [0.5, 0.6) is 0 Å². The van der Waals surface area contributed by atoms with Crippen molar-refractivity contribution in [3.05, 3.63) is 48.6 Å². The Kier molecular flexibility index (Phi) is 48.6. The summed E-state index contributed by atoms with van der Waals surface area (Å²) in [5.41, 5.74) is 0. The van der Waals surface area contributed by atoms with Crippen LogP contribution in [0.1, 0.15) is 271 Å². The van der Waals surface area contributed by atoms with Crippen LogP contribution in [-0.2, 0) is 4.79 Å². The van der Waals surface area contributed by atoms with Crippen molar-refractivity contribution in [3.8, 4) is 0 Å². The minimum Gasteiger partial charge on any atom is -0.394 e. The summed E-state index contributed by atoms with van der Waals surface area (Å²) in [7, 11) is 0. The topological polar surface area (TPSA) is 89.8 Å². The Balaban J connectivity index is 3.66. The van der Waals surface area contributed by atoms with Crippen molar-refractivity contribution < 1.29 is 20.1 Å². The molecular weight excluding hydrogens is 739 g/mol. The molecule has 0 aliphatic carbocycles. The summed E-state index contributed by atoms with van der Waals surface area (Å²) in [6.07, 6.45) is 66.0. The van der Waals surface area contributed by atoms with Crippen LogP contribution >= 0.6 is 0 Å². The van der Waals surface area contributed by atoms with Gasteiger partial charge >= 0.3 is 0 Å². The van der Waals surface area contributed by atoms with Gasteiger partial charge in [0.1, 0.15) is 6.10 Å². The van der Waals surface area contributed by atoms with Gasteiger partial charge in [-0.05, 0) is 70.6 Å². The molecule has 0 aliphatic rings. The van der Waals surface area contributed by atoms with Gasteiger partial charge in [0.05, 0.1) is 18.8 Å². The van der Waals surface area contributed by atoms with Crippen LogP contribution in [-0.4, -0.2) is 46.1 Å². The third-order valence-corrected chi connectivity index (χ3v) is 12.1. The van der Waals surface area contributed by atoms with E-state index in [1.54, 1.807) is 6.08 Å². The quantitative estimate of drug-likeness (QED) is 0.0363. The van der Waals surface area contributed by atoms with Gasteiger partial charge in [0, 0.05) is 0 Å². The molecule has 60 heavy (non-hydrogen) atoms. The lowest BCUT2D eigenvalue weighted by Crippen LogP contribution is -2.48. The van der Waals surface area contributed by atoms with Crippen LogP contribution < -0.4 is 5.32 Å². The molecule has 3 unspecified atom stereocenters. The summed E-state index contributed by atoms with van der Waals surface area (Å²) in [6, 6.07) is -0.823. The lowest BCUT2D eigenvalue weighted by atomic mass is 10.0. The summed E-state index contributed by atoms with van der Waals surface area (Å²) in [6.45, 7) is 4.19. The fraction of sp³-hybridized carbons (Fsp3) is 0.836. The average molecular weight is 842 g/mol. The first-order valence-corrected chi connectivity index (χ1v) is 26.5. The van der Waals surface area contributed by atoms with Crippen molar-refractivity contribution in [1.29, 1.82) is 0 Å². The molecule has 0 bridgehead atoms. The van der Waals surface area contributed by atoms with E-state index in [9.17, 15) is 20.1 Å². The summed E-state index contributed by atoms with van der Waals surface area (Å²) in [5.74, 6) is -0.517. The van der Waals surface area contributed by atoms with Gasteiger partial charge in [0.15, 0.2) is 0 Å². The molecule has 4 N–H and O–H groups in total. The fourth-order valence-corrected chi connectivity index (χ4v) is 7.98. The van der Waals surface area contributed by atoms with Gasteiger partial charge in [-0.15, -0.1) is 0 Å². The number of amides is 1. The van der Waals surface area contributed by atoms with E-state index in [1.165, 1.54) is 205 Å². The number of allylic oxidation sites excluding steroid dienone is 7. The molecule has 1 amide bonds. The molecule has 0 radical (unpaired) electrons. The number of aliphatic hydroxyl groups is 3. The highest BCUT2D eigenvalue weighted by atomic mass is 16.3. The van der Waals surface area contributed by atoms with Crippen LogP contribution in [0.3, 0.4) is 0 Å². The van der Waals surface area contributed by atoms with E-state index >= 15 is 0 Å². The number of rotatable bonds is 48. The smallest absolute Gasteiger partial charge is 0.249 e. The van der Waals surface area contributed by atoms with Gasteiger partial charge in [0.25, 0.3) is 0 Å². The first-order chi connectivity index (χ1) is 29.6. The molecule has 0 aromatic rings. The number of carbonyl (C=O) groups is 1. The summed E-state index contributed by atoms with van der Waals surface area (Å²) in [4.78, 5) is 12.5. The Morgan fingerprint density at radius 2 is 0.683 bits per heavy atom. The molecule has 0 aromatic carbocycles. The van der Waals surface area contributed by atoms with E-state index in [0.717, 1.165) is 44.9 Å². The average Bonchev–Trinajstić information content (AvgIpc) is 3.25. The van der Waals surface area contributed by atoms with Gasteiger partial charge in [-0.25, -0.2) is 0 Å². The van der Waals surface area contributed by atoms with Crippen LogP contribution in [0.15, 0.2) is 48.6 Å². The van der Waals surface area contributed by atoms with Gasteiger partial charge in [-0.3, -0.25) is 4.79 Å². The van der Waals surface area contributed by atoms with Crippen LogP contribution in [0, 0.1) is 0 Å². The maximum atomic E-state index is 12.5. The molecule has 0 heterocycles. The second kappa shape index (κ2) is 50.0. The SMILES string of the molecule is CCCCCCCCCCCCC/C=C/CC/C=C/CC/C=C/C(O)C(CO)NC(=O)C(O)CCCCCCCCCCC/C=C\CCCCCCCCCCCCCC. The zero-order valence-electron chi connectivity index (χ0n) is 40.1. The van der Waals surface area contributed by atoms with Crippen molar-refractivity contribution in [2.24, 2.45) is 0 Å². The Hall–Kier alpha value is -1.69. The molecule has 0 rings (SSSR count). The largest absolute Gasteiger partial charge is 0.394 e. The first-order valence-electron chi connectivity index (χ1n) is 26.5. The molecule has 3 atom stereocenters. The number of hydrogen-bond acceptors (Lipinski definition) is 4. The number of carbonyl (C=O) groups excluding carboxylic acids is 1. The second-order valence-electron chi connectivity index (χ2n) is 18.1. The monoisotopic (exact) mass is 842 g/mol. The van der Waals surface area contributed by atoms with Crippen molar-refractivity contribution in [2.45, 2.75) is 289 Å². The molecule has 0 aromatic heterocycles. The molecule has 0 fully saturated rings. The predicted octanol–water partition coefficient (Wildman–Crippen LogP) is 16.1. The van der Waals surface area contributed by atoms with Gasteiger partial charge in [0.2, 0.25) is 5.91 Å². The van der Waals surface area contributed by atoms with Crippen LogP contribution in [0.25, 0.3) is 0 Å². The van der Waals surface area contributed by atoms with Crippen molar-refractivity contribution >= 4 is 5.91 Å². The van der Waals surface area contributed by atoms with E-state index < -0.39 is 24.2 Å². The summed E-state index contributed by atoms with van der Waals surface area (Å²) >= 11 is 0. The molecular formula is C55H103NO4. The molecule has 0 saturated heterocycles. The highest BCUT2D eigenvalue weighted by Crippen LogP contribution is 2.16. The van der Waals surface area contributed by atoms with Gasteiger partial charge in [-0.1, -0.05) is 249 Å². The minimum atomic E-state index is -1.11. The number of nitrogens with one attached hydrogen (secondary N) is 1. The first kappa shape index (κ1) is 58.3. The third-order valence-electron chi connectivity index (χ3n) is 12.1. The van der Waals surface area contributed by atoms with Crippen LogP contribution in [0.4, 0.5) is 0 Å². The van der Waals surface area contributed by atoms with Crippen molar-refractivity contribution in [2.75, 3.05) is 6.61 Å². The molecule has 0 saturated carbocycles. The minimum absolute atomic E-state index is 0.382. The second-order valence-corrected chi connectivity index (χ2v) is 18.1. The number of unbranched alkanes of at least 4 members (excludes halogenated alkanes) is 34. The third kappa shape index (κ3) is 44.4. The van der Waals surface area contributed by atoms with Crippen molar-refractivity contribution in [1.82, 2.24) is 5.32 Å². The van der Waals surface area contributed by atoms with E-state index in [0.29, 0.717) is 6.42 Å². The molecule has 5 heteroatoms. The Morgan fingerprint density at radius 1 is 0.400 bits per heavy atom. The van der Waals surface area contributed by atoms with Crippen LogP contribution in [0.2, 0.25) is 0 Å². The standard InChI is InChI=1S/C55H103NO4/c1-3-5-7-9-11-13-15-17-19-21-23-25-26-27-28-30-32-34-36-38-40-42-44-46-48-50-54(59)55(60)56-52(51-57)53(58)49-47-45-43-41-39-37-35-33-31-29-24-22-20-18-16-14-12-10-8-6-4-2/h27-28,31,33,39,41,47,49,52-54,57-59H,3-26,29-30,32,34-38,40,42-46,48,50-51H2,1-2H3,(H,56,60)/b28-27-,33-31+,41-39+,49-47+. The van der Waals surface area contributed by atoms with Crippen molar-refractivity contribution in [3.63, 3.8) is 0 Å². The molecule has 352 valence electrons. The van der Waals surface area contributed by atoms with Gasteiger partial charge in [-0.2, -0.15) is 0 Å². The molecule has 0 spiro atoms. The Bertz CT molecular complexity index is 974. The normalized spacial score (nSPS) is 13.8. The maximum Gasteiger partial charge on any atom is 0.249 e. The van der Waals surface area contributed by atoms with E-state index in [-0.39, 0.29) is 6.61 Å².